The van der Waals surface area contributed by atoms with Crippen LogP contribution in [0.15, 0.2) is 35.8 Å². The molecule has 1 atom stereocenters. The quantitative estimate of drug-likeness (QED) is 0.707. The summed E-state index contributed by atoms with van der Waals surface area (Å²) in [7, 11) is 1.95. The Morgan fingerprint density at radius 1 is 1.31 bits per heavy atom. The smallest absolute Gasteiger partial charge is 0.225 e. The molecule has 0 aliphatic carbocycles. The van der Waals surface area contributed by atoms with Gasteiger partial charge in [0, 0.05) is 48.4 Å². The first-order chi connectivity index (χ1) is 12.6. The van der Waals surface area contributed by atoms with Gasteiger partial charge in [-0.05, 0) is 42.8 Å². The van der Waals surface area contributed by atoms with Crippen LogP contribution in [0.3, 0.4) is 0 Å². The van der Waals surface area contributed by atoms with Crippen LogP contribution < -0.4 is 0 Å². The number of nitrogens with zero attached hydrogens (tertiary/aromatic N) is 4. The van der Waals surface area contributed by atoms with E-state index < -0.39 is 0 Å². The highest BCUT2D eigenvalue weighted by atomic mass is 32.1. The standard InChI is InChI=1S/C20H24N4OS/c1-14(13-16-5-4-12-26-16)20(25)24-10-7-15(8-11-24)18-17-6-3-9-21-19(17)23(2)22-18/h3-6,9,12,14-15H,7-8,10-11,13H2,1-2H3. The molecule has 1 aliphatic rings. The lowest BCUT2D eigenvalue weighted by Gasteiger charge is -2.33. The number of hydrogen-bond donors (Lipinski definition) is 0. The van der Waals surface area contributed by atoms with Crippen LogP contribution >= 0.6 is 11.3 Å². The number of hydrogen-bond acceptors (Lipinski definition) is 4. The summed E-state index contributed by atoms with van der Waals surface area (Å²) in [5.74, 6) is 0.731. The first kappa shape index (κ1) is 17.2. The molecule has 3 aromatic rings. The van der Waals surface area contributed by atoms with E-state index in [0.717, 1.165) is 49.1 Å². The minimum absolute atomic E-state index is 0.0464. The maximum Gasteiger partial charge on any atom is 0.225 e. The van der Waals surface area contributed by atoms with Gasteiger partial charge in [-0.25, -0.2) is 4.98 Å². The van der Waals surface area contributed by atoms with E-state index in [1.807, 2.05) is 35.8 Å². The summed E-state index contributed by atoms with van der Waals surface area (Å²) in [4.78, 5) is 20.5. The van der Waals surface area contributed by atoms with Gasteiger partial charge in [0.25, 0.3) is 0 Å². The highest BCUT2D eigenvalue weighted by molar-refractivity contribution is 7.09. The molecule has 6 heteroatoms. The Balaban J connectivity index is 1.41. The highest BCUT2D eigenvalue weighted by Crippen LogP contribution is 2.32. The summed E-state index contributed by atoms with van der Waals surface area (Å²) in [6.45, 7) is 3.68. The van der Waals surface area contributed by atoms with Gasteiger partial charge in [-0.2, -0.15) is 5.10 Å². The van der Waals surface area contributed by atoms with Crippen LogP contribution in [0.5, 0.6) is 0 Å². The zero-order valence-electron chi connectivity index (χ0n) is 15.3. The lowest BCUT2D eigenvalue weighted by Crippen LogP contribution is -2.41. The van der Waals surface area contributed by atoms with E-state index in [0.29, 0.717) is 5.92 Å². The Morgan fingerprint density at radius 2 is 2.12 bits per heavy atom. The second kappa shape index (κ2) is 7.19. The number of piperidine rings is 1. The van der Waals surface area contributed by atoms with Crippen molar-refractivity contribution in [3.63, 3.8) is 0 Å². The molecular weight excluding hydrogens is 344 g/mol. The average molecular weight is 369 g/mol. The number of fused-ring (bicyclic) bond motifs is 1. The average Bonchev–Trinajstić information content (AvgIpc) is 3.30. The summed E-state index contributed by atoms with van der Waals surface area (Å²) >= 11 is 1.73. The number of likely N-dealkylation sites (tertiary alicyclic amines) is 1. The SMILES string of the molecule is CC(Cc1cccs1)C(=O)N1CCC(c2nn(C)c3ncccc23)CC1. The van der Waals surface area contributed by atoms with Crippen LogP contribution in [0.1, 0.15) is 36.3 Å². The number of carbonyl (C=O) groups is 1. The van der Waals surface area contributed by atoms with Crippen molar-refractivity contribution in [2.45, 2.75) is 32.1 Å². The largest absolute Gasteiger partial charge is 0.342 e. The van der Waals surface area contributed by atoms with Crippen LogP contribution in [-0.2, 0) is 18.3 Å². The second-order valence-electron chi connectivity index (χ2n) is 7.17. The van der Waals surface area contributed by atoms with Crippen molar-refractivity contribution in [2.24, 2.45) is 13.0 Å². The number of aryl methyl sites for hydroxylation is 1. The molecule has 5 nitrogen and oxygen atoms in total. The van der Waals surface area contributed by atoms with Gasteiger partial charge in [-0.15, -0.1) is 11.3 Å². The minimum atomic E-state index is 0.0464. The van der Waals surface area contributed by atoms with Crippen LogP contribution in [0.25, 0.3) is 11.0 Å². The zero-order valence-corrected chi connectivity index (χ0v) is 16.1. The summed E-state index contributed by atoms with van der Waals surface area (Å²) in [5.41, 5.74) is 2.07. The predicted molar refractivity (Wildman–Crippen MR) is 104 cm³/mol. The molecule has 0 N–H and O–H groups in total. The molecule has 0 saturated carbocycles. The maximum atomic E-state index is 12.8. The van der Waals surface area contributed by atoms with Gasteiger partial charge in [0.15, 0.2) is 5.65 Å². The Kier molecular flexibility index (Phi) is 4.76. The van der Waals surface area contributed by atoms with E-state index >= 15 is 0 Å². The number of thiophene rings is 1. The first-order valence-electron chi connectivity index (χ1n) is 9.22. The molecule has 1 fully saturated rings. The van der Waals surface area contributed by atoms with Crippen molar-refractivity contribution >= 4 is 28.3 Å². The molecule has 0 bridgehead atoms. The molecule has 1 unspecified atom stereocenters. The third-order valence-electron chi connectivity index (χ3n) is 5.33. The molecule has 1 saturated heterocycles. The number of amides is 1. The van der Waals surface area contributed by atoms with Gasteiger partial charge >= 0.3 is 0 Å². The topological polar surface area (TPSA) is 51.0 Å². The van der Waals surface area contributed by atoms with Gasteiger partial charge in [-0.1, -0.05) is 13.0 Å². The van der Waals surface area contributed by atoms with Gasteiger partial charge in [0.1, 0.15) is 0 Å². The van der Waals surface area contributed by atoms with E-state index in [2.05, 4.69) is 28.6 Å². The third kappa shape index (κ3) is 3.26. The van der Waals surface area contributed by atoms with E-state index in [-0.39, 0.29) is 11.8 Å². The summed E-state index contributed by atoms with van der Waals surface area (Å²) < 4.78 is 1.87. The van der Waals surface area contributed by atoms with Crippen molar-refractivity contribution < 1.29 is 4.79 Å². The minimum Gasteiger partial charge on any atom is -0.342 e. The Morgan fingerprint density at radius 3 is 2.85 bits per heavy atom. The number of pyridine rings is 1. The number of carbonyl (C=O) groups excluding carboxylic acids is 1. The van der Waals surface area contributed by atoms with Crippen molar-refractivity contribution in [3.05, 3.63) is 46.4 Å². The molecule has 26 heavy (non-hydrogen) atoms. The van der Waals surface area contributed by atoms with Crippen molar-refractivity contribution in [1.29, 1.82) is 0 Å². The van der Waals surface area contributed by atoms with E-state index in [1.165, 1.54) is 4.88 Å². The second-order valence-corrected chi connectivity index (χ2v) is 8.20. The van der Waals surface area contributed by atoms with Gasteiger partial charge in [0.05, 0.1) is 5.69 Å². The Labute approximate surface area is 157 Å². The number of aromatic nitrogens is 3. The van der Waals surface area contributed by atoms with Crippen LogP contribution in [-0.4, -0.2) is 38.7 Å². The van der Waals surface area contributed by atoms with E-state index in [4.69, 9.17) is 5.10 Å². The molecule has 0 aromatic carbocycles. The van der Waals surface area contributed by atoms with Crippen LogP contribution in [0.4, 0.5) is 0 Å². The molecule has 1 aliphatic heterocycles. The fraction of sp³-hybridized carbons (Fsp3) is 0.450. The van der Waals surface area contributed by atoms with Gasteiger partial charge < -0.3 is 4.90 Å². The monoisotopic (exact) mass is 368 g/mol. The molecular formula is C20H24N4OS. The third-order valence-corrected chi connectivity index (χ3v) is 6.23. The van der Waals surface area contributed by atoms with Gasteiger partial charge in [0.2, 0.25) is 5.91 Å². The molecule has 4 heterocycles. The lowest BCUT2D eigenvalue weighted by molar-refractivity contribution is -0.136. The van der Waals surface area contributed by atoms with E-state index in [1.54, 1.807) is 11.3 Å². The Hall–Kier alpha value is -2.21. The molecule has 0 radical (unpaired) electrons. The Bertz CT molecular complexity index is 894. The normalized spacial score (nSPS) is 16.9. The van der Waals surface area contributed by atoms with Crippen molar-refractivity contribution in [3.8, 4) is 0 Å². The highest BCUT2D eigenvalue weighted by Gasteiger charge is 2.29. The lowest BCUT2D eigenvalue weighted by atomic mass is 9.91. The fourth-order valence-electron chi connectivity index (χ4n) is 3.92. The fourth-order valence-corrected chi connectivity index (χ4v) is 4.76. The molecule has 136 valence electrons. The van der Waals surface area contributed by atoms with Crippen LogP contribution in [0.2, 0.25) is 0 Å². The molecule has 4 rings (SSSR count). The van der Waals surface area contributed by atoms with Gasteiger partial charge in [-0.3, -0.25) is 9.48 Å². The number of rotatable bonds is 4. The summed E-state index contributed by atoms with van der Waals surface area (Å²) in [5, 5.41) is 7.94. The maximum absolute atomic E-state index is 12.8. The first-order valence-corrected chi connectivity index (χ1v) is 10.1. The van der Waals surface area contributed by atoms with E-state index in [9.17, 15) is 4.79 Å². The molecule has 3 aromatic heterocycles. The van der Waals surface area contributed by atoms with Crippen LogP contribution in [0, 0.1) is 5.92 Å². The summed E-state index contributed by atoms with van der Waals surface area (Å²) in [6, 6.07) is 8.24. The van der Waals surface area contributed by atoms with Crippen molar-refractivity contribution in [1.82, 2.24) is 19.7 Å². The molecule has 0 spiro atoms. The predicted octanol–water partition coefficient (Wildman–Crippen LogP) is 3.61. The summed E-state index contributed by atoms with van der Waals surface area (Å²) in [6.07, 6.45) is 4.59. The zero-order chi connectivity index (χ0) is 18.1. The molecule has 1 amide bonds. The van der Waals surface area contributed by atoms with Crippen molar-refractivity contribution in [2.75, 3.05) is 13.1 Å².